The zero-order valence-corrected chi connectivity index (χ0v) is 23.7. The molecule has 4 nitrogen and oxygen atoms in total. The number of phenols is 1. The van der Waals surface area contributed by atoms with Crippen molar-refractivity contribution in [1.82, 2.24) is 9.97 Å². The van der Waals surface area contributed by atoms with Crippen LogP contribution in [0.1, 0.15) is 11.1 Å². The van der Waals surface area contributed by atoms with Crippen LogP contribution in [0.2, 0.25) is 0 Å². The number of ether oxygens (including phenoxy) is 1. The fraction of sp³-hybridized carbons (Fsp3) is 0.0588. The second kappa shape index (κ2) is 11.2. The van der Waals surface area contributed by atoms with Gasteiger partial charge in [-0.05, 0) is 71.4 Å². The molecule has 6 rings (SSSR count). The molecule has 6 aromatic rings. The van der Waals surface area contributed by atoms with Gasteiger partial charge in [-0.25, -0.2) is 4.98 Å². The molecule has 39 heavy (non-hydrogen) atoms. The van der Waals surface area contributed by atoms with Crippen molar-refractivity contribution in [2.24, 2.45) is 0 Å². The van der Waals surface area contributed by atoms with Crippen molar-refractivity contribution in [1.29, 1.82) is 0 Å². The molecule has 2 aromatic heterocycles. The fourth-order valence-corrected chi connectivity index (χ4v) is 4.69. The fourth-order valence-electron chi connectivity index (χ4n) is 4.69. The molecule has 1 N–H and O–H groups in total. The number of fused-ring (bicyclic) bond motifs is 1. The van der Waals surface area contributed by atoms with Gasteiger partial charge in [0.05, 0.1) is 5.69 Å². The van der Waals surface area contributed by atoms with Gasteiger partial charge in [-0.2, -0.15) is 0 Å². The summed E-state index contributed by atoms with van der Waals surface area (Å²) in [5.41, 5.74) is 6.86. The Hall–Kier alpha value is -4.27. The molecular formula is C34H25N2O2Pt-. The van der Waals surface area contributed by atoms with Crippen LogP contribution in [0.3, 0.4) is 0 Å². The minimum atomic E-state index is 0. The molecule has 0 aliphatic heterocycles. The predicted molar refractivity (Wildman–Crippen MR) is 152 cm³/mol. The number of rotatable bonds is 5. The van der Waals surface area contributed by atoms with Gasteiger partial charge < -0.3 is 9.84 Å². The number of aromatic hydroxyl groups is 1. The second-order valence-corrected chi connectivity index (χ2v) is 9.34. The van der Waals surface area contributed by atoms with Crippen LogP contribution in [-0.4, -0.2) is 15.1 Å². The zero-order chi connectivity index (χ0) is 26.1. The van der Waals surface area contributed by atoms with Crippen molar-refractivity contribution >= 4 is 10.8 Å². The van der Waals surface area contributed by atoms with Crippen molar-refractivity contribution in [3.63, 3.8) is 0 Å². The van der Waals surface area contributed by atoms with E-state index in [1.54, 1.807) is 6.20 Å². The zero-order valence-electron chi connectivity index (χ0n) is 21.5. The summed E-state index contributed by atoms with van der Waals surface area (Å²) in [5.74, 6) is 1.32. The van der Waals surface area contributed by atoms with E-state index in [4.69, 9.17) is 9.72 Å². The predicted octanol–water partition coefficient (Wildman–Crippen LogP) is 8.54. The van der Waals surface area contributed by atoms with Crippen LogP contribution in [0.5, 0.6) is 17.4 Å². The molecule has 0 spiro atoms. The van der Waals surface area contributed by atoms with Crippen molar-refractivity contribution in [3.05, 3.63) is 127 Å². The third kappa shape index (κ3) is 5.48. The molecule has 0 aliphatic rings. The second-order valence-electron chi connectivity index (χ2n) is 9.34. The maximum Gasteiger partial charge on any atom is 0.225 e. The number of benzene rings is 4. The Morgan fingerprint density at radius 2 is 1.51 bits per heavy atom. The van der Waals surface area contributed by atoms with Crippen LogP contribution < -0.4 is 4.74 Å². The summed E-state index contributed by atoms with van der Waals surface area (Å²) in [7, 11) is 0. The largest absolute Gasteiger partial charge is 0.507 e. The maximum absolute atomic E-state index is 10.9. The van der Waals surface area contributed by atoms with E-state index in [-0.39, 0.29) is 26.8 Å². The van der Waals surface area contributed by atoms with Gasteiger partial charge in [-0.15, -0.1) is 23.8 Å². The first kappa shape index (κ1) is 26.3. The first-order valence-electron chi connectivity index (χ1n) is 12.5. The SMILES string of the molecule is Cc1cc(C)c(O)c(-c2cc(-c3ccccc3)cc(-c3[c-]c(Oc4nccc5ccccc45)ccc3)n2)c1.[Pt]. The number of hydrogen-bond donors (Lipinski definition) is 1. The molecule has 0 saturated carbocycles. The monoisotopic (exact) mass is 688 g/mol. The Bertz CT molecular complexity index is 1780. The van der Waals surface area contributed by atoms with Gasteiger partial charge in [0.25, 0.3) is 0 Å². The summed E-state index contributed by atoms with van der Waals surface area (Å²) in [6.07, 6.45) is 1.75. The van der Waals surface area contributed by atoms with Crippen LogP contribution in [0.25, 0.3) is 44.4 Å². The summed E-state index contributed by atoms with van der Waals surface area (Å²) in [5, 5.41) is 12.9. The number of hydrogen-bond acceptors (Lipinski definition) is 4. The molecule has 0 aliphatic carbocycles. The van der Waals surface area contributed by atoms with E-state index < -0.39 is 0 Å². The van der Waals surface area contributed by atoms with E-state index in [9.17, 15) is 5.11 Å². The van der Waals surface area contributed by atoms with E-state index in [0.29, 0.717) is 22.9 Å². The van der Waals surface area contributed by atoms with Crippen molar-refractivity contribution in [2.45, 2.75) is 13.8 Å². The van der Waals surface area contributed by atoms with Crippen LogP contribution in [0.4, 0.5) is 0 Å². The molecule has 194 valence electrons. The Morgan fingerprint density at radius 1 is 0.744 bits per heavy atom. The minimum absolute atomic E-state index is 0. The molecule has 0 bridgehead atoms. The molecular weight excluding hydrogens is 663 g/mol. The van der Waals surface area contributed by atoms with Gasteiger partial charge in [0.2, 0.25) is 5.88 Å². The summed E-state index contributed by atoms with van der Waals surface area (Å²) in [6.45, 7) is 3.93. The molecule has 0 unspecified atom stereocenters. The van der Waals surface area contributed by atoms with Gasteiger partial charge >= 0.3 is 0 Å². The topological polar surface area (TPSA) is 55.2 Å². The number of phenolic OH excluding ortho intramolecular Hbond substituents is 1. The normalized spacial score (nSPS) is 10.7. The third-order valence-corrected chi connectivity index (χ3v) is 6.54. The molecule has 0 amide bonds. The molecule has 5 heteroatoms. The maximum atomic E-state index is 10.9. The minimum Gasteiger partial charge on any atom is -0.507 e. The average Bonchev–Trinajstić information content (AvgIpc) is 2.95. The molecule has 0 atom stereocenters. The Morgan fingerprint density at radius 3 is 2.36 bits per heavy atom. The Kier molecular flexibility index (Phi) is 7.58. The molecule has 2 heterocycles. The molecule has 0 saturated heterocycles. The van der Waals surface area contributed by atoms with Crippen molar-refractivity contribution < 1.29 is 30.9 Å². The first-order valence-corrected chi connectivity index (χ1v) is 12.5. The summed E-state index contributed by atoms with van der Waals surface area (Å²) < 4.78 is 6.20. The first-order chi connectivity index (χ1) is 18.5. The van der Waals surface area contributed by atoms with Crippen LogP contribution in [0.15, 0.2) is 109 Å². The van der Waals surface area contributed by atoms with Crippen molar-refractivity contribution in [3.8, 4) is 51.0 Å². The molecule has 4 aromatic carbocycles. The van der Waals surface area contributed by atoms with Crippen LogP contribution in [-0.2, 0) is 21.1 Å². The van der Waals surface area contributed by atoms with Gasteiger partial charge in [0, 0.05) is 44.0 Å². The van der Waals surface area contributed by atoms with E-state index in [2.05, 4.69) is 23.2 Å². The van der Waals surface area contributed by atoms with E-state index in [0.717, 1.165) is 44.3 Å². The number of aryl methyl sites for hydroxylation is 2. The van der Waals surface area contributed by atoms with Gasteiger partial charge in [0.15, 0.2) is 0 Å². The molecule has 0 radical (unpaired) electrons. The van der Waals surface area contributed by atoms with E-state index in [1.165, 1.54) is 0 Å². The quantitative estimate of drug-likeness (QED) is 0.185. The van der Waals surface area contributed by atoms with Gasteiger partial charge in [-0.3, -0.25) is 4.98 Å². The smallest absolute Gasteiger partial charge is 0.225 e. The number of aromatic nitrogens is 2. The average molecular weight is 689 g/mol. The van der Waals surface area contributed by atoms with Crippen LogP contribution in [0, 0.1) is 19.9 Å². The van der Waals surface area contributed by atoms with Crippen LogP contribution >= 0.6 is 0 Å². The number of nitrogens with zero attached hydrogens (tertiary/aromatic N) is 2. The summed E-state index contributed by atoms with van der Waals surface area (Å²) in [6, 6.07) is 37.3. The van der Waals surface area contributed by atoms with Gasteiger partial charge in [0.1, 0.15) is 5.75 Å². The third-order valence-electron chi connectivity index (χ3n) is 6.54. The summed E-state index contributed by atoms with van der Waals surface area (Å²) in [4.78, 5) is 9.43. The number of pyridine rings is 2. The Labute approximate surface area is 242 Å². The van der Waals surface area contributed by atoms with Gasteiger partial charge in [-0.1, -0.05) is 66.7 Å². The van der Waals surface area contributed by atoms with Crippen molar-refractivity contribution in [2.75, 3.05) is 0 Å². The van der Waals surface area contributed by atoms with E-state index >= 15 is 0 Å². The standard InChI is InChI=1S/C34H25N2O2.Pt/c1-22-17-23(2)33(37)30(18-22)32-21-27(24-9-4-3-5-10-24)20-31(36-32)26-12-8-13-28(19-26)38-34-29-14-7-6-11-25(29)15-16-35-34;/h3-18,20-21,37H,1-2H3;/q-1;. The Balaban J connectivity index is 0.00000308. The summed E-state index contributed by atoms with van der Waals surface area (Å²) >= 11 is 0. The molecule has 0 fully saturated rings. The van der Waals surface area contributed by atoms with E-state index in [1.807, 2.05) is 105 Å².